The molecule has 1 amide bonds. The van der Waals surface area contributed by atoms with Gasteiger partial charge in [-0.05, 0) is 24.6 Å². The first-order chi connectivity index (χ1) is 9.67. The normalized spacial score (nSPS) is 10.3. The Balaban J connectivity index is 2.26. The van der Waals surface area contributed by atoms with E-state index in [-0.39, 0.29) is 5.91 Å². The number of rotatable bonds is 9. The van der Waals surface area contributed by atoms with E-state index in [2.05, 4.69) is 12.2 Å². The number of halogens is 1. The minimum atomic E-state index is 0.0433. The fourth-order valence-electron chi connectivity index (χ4n) is 2.03. The maximum atomic E-state index is 11.8. The molecule has 0 atom stereocenters. The zero-order valence-corrected chi connectivity index (χ0v) is 13.1. The van der Waals surface area contributed by atoms with Gasteiger partial charge in [-0.3, -0.25) is 4.79 Å². The number of ether oxygens (including phenoxy) is 1. The molecule has 0 saturated carbocycles. The third-order valence-corrected chi connectivity index (χ3v) is 3.49. The molecule has 0 unspecified atom stereocenters. The first-order valence-electron chi connectivity index (χ1n) is 7.30. The Labute approximate surface area is 126 Å². The summed E-state index contributed by atoms with van der Waals surface area (Å²) in [7, 11) is 1.57. The van der Waals surface area contributed by atoms with Crippen LogP contribution in [0.25, 0.3) is 0 Å². The van der Waals surface area contributed by atoms with Gasteiger partial charge in [0, 0.05) is 12.1 Å². The van der Waals surface area contributed by atoms with Gasteiger partial charge in [0.2, 0.25) is 5.91 Å². The molecule has 0 radical (unpaired) electrons. The molecule has 0 aliphatic rings. The Bertz CT molecular complexity index is 421. The minimum Gasteiger partial charge on any atom is -0.495 e. The molecule has 0 aromatic heterocycles. The van der Waals surface area contributed by atoms with Crippen LogP contribution < -0.4 is 10.1 Å². The predicted molar refractivity (Wildman–Crippen MR) is 84.6 cm³/mol. The summed E-state index contributed by atoms with van der Waals surface area (Å²) in [4.78, 5) is 11.8. The highest BCUT2D eigenvalue weighted by Crippen LogP contribution is 2.27. The first kappa shape index (κ1) is 16.8. The van der Waals surface area contributed by atoms with Gasteiger partial charge < -0.3 is 10.1 Å². The Morgan fingerprint density at radius 1 is 1.20 bits per heavy atom. The molecule has 1 aromatic rings. The third kappa shape index (κ3) is 6.29. The summed E-state index contributed by atoms with van der Waals surface area (Å²) in [5.74, 6) is 0.655. The van der Waals surface area contributed by atoms with Gasteiger partial charge in [-0.1, -0.05) is 50.6 Å². The number of carbonyl (C=O) groups excluding carboxylic acids is 1. The fraction of sp³-hybridized carbons (Fsp3) is 0.562. The van der Waals surface area contributed by atoms with Crippen LogP contribution in [0.5, 0.6) is 5.75 Å². The van der Waals surface area contributed by atoms with Gasteiger partial charge in [-0.2, -0.15) is 0 Å². The van der Waals surface area contributed by atoms with E-state index < -0.39 is 0 Å². The maximum Gasteiger partial charge on any atom is 0.224 e. The van der Waals surface area contributed by atoms with E-state index in [1.807, 2.05) is 0 Å². The molecule has 0 heterocycles. The molecule has 3 nitrogen and oxygen atoms in total. The first-order valence-corrected chi connectivity index (χ1v) is 7.68. The molecular weight excluding hydrogens is 274 g/mol. The quantitative estimate of drug-likeness (QED) is 0.649. The number of nitrogens with one attached hydrogen (secondary N) is 1. The summed E-state index contributed by atoms with van der Waals surface area (Å²) < 4.78 is 5.07. The van der Waals surface area contributed by atoms with Crippen molar-refractivity contribution in [2.75, 3.05) is 12.4 Å². The molecule has 1 N–H and O–H groups in total. The van der Waals surface area contributed by atoms with Gasteiger partial charge >= 0.3 is 0 Å². The molecule has 0 aliphatic heterocycles. The summed E-state index contributed by atoms with van der Waals surface area (Å²) in [6, 6.07) is 5.26. The van der Waals surface area contributed by atoms with Crippen molar-refractivity contribution in [1.29, 1.82) is 0 Å². The second-order valence-corrected chi connectivity index (χ2v) is 5.32. The Kier molecular flexibility index (Phi) is 8.12. The van der Waals surface area contributed by atoms with Gasteiger partial charge in [0.1, 0.15) is 5.75 Å². The monoisotopic (exact) mass is 297 g/mol. The molecular formula is C16H24ClNO2. The summed E-state index contributed by atoms with van der Waals surface area (Å²) in [5.41, 5.74) is 0.715. The number of hydrogen-bond acceptors (Lipinski definition) is 2. The van der Waals surface area contributed by atoms with E-state index in [0.717, 1.165) is 12.8 Å². The summed E-state index contributed by atoms with van der Waals surface area (Å²) in [6.45, 7) is 2.20. The van der Waals surface area contributed by atoms with Crippen LogP contribution in [-0.2, 0) is 4.79 Å². The van der Waals surface area contributed by atoms with Gasteiger partial charge in [0.25, 0.3) is 0 Å². The highest BCUT2D eigenvalue weighted by Gasteiger charge is 2.05. The molecule has 4 heteroatoms. The van der Waals surface area contributed by atoms with E-state index in [0.29, 0.717) is 22.9 Å². The Morgan fingerprint density at radius 2 is 1.90 bits per heavy atom. The molecule has 0 bridgehead atoms. The zero-order valence-electron chi connectivity index (χ0n) is 12.4. The number of carbonyl (C=O) groups is 1. The van der Waals surface area contributed by atoms with E-state index in [9.17, 15) is 4.79 Å². The predicted octanol–water partition coefficient (Wildman–Crippen LogP) is 5.04. The molecule has 0 fully saturated rings. The van der Waals surface area contributed by atoms with E-state index >= 15 is 0 Å². The Hall–Kier alpha value is -1.22. The van der Waals surface area contributed by atoms with Crippen molar-refractivity contribution >= 4 is 23.2 Å². The van der Waals surface area contributed by atoms with Crippen LogP contribution >= 0.6 is 11.6 Å². The van der Waals surface area contributed by atoms with Crippen molar-refractivity contribution in [2.45, 2.75) is 51.9 Å². The number of methoxy groups -OCH3 is 1. The second kappa shape index (κ2) is 9.65. The summed E-state index contributed by atoms with van der Waals surface area (Å²) in [5, 5.41) is 3.36. The Morgan fingerprint density at radius 3 is 2.55 bits per heavy atom. The standard InChI is InChI=1S/C16H24ClNO2/c1-3-4-5-6-7-8-9-16(19)18-13-10-11-15(20-2)14(17)12-13/h10-12H,3-9H2,1-2H3,(H,18,19). The molecule has 1 rings (SSSR count). The van der Waals surface area contributed by atoms with E-state index in [1.54, 1.807) is 25.3 Å². The number of unbranched alkanes of at least 4 members (excludes halogenated alkanes) is 5. The minimum absolute atomic E-state index is 0.0433. The lowest BCUT2D eigenvalue weighted by molar-refractivity contribution is -0.116. The average molecular weight is 298 g/mol. The number of hydrogen-bond donors (Lipinski definition) is 1. The van der Waals surface area contributed by atoms with Crippen LogP contribution in [0.2, 0.25) is 5.02 Å². The van der Waals surface area contributed by atoms with Gasteiger partial charge in [-0.25, -0.2) is 0 Å². The molecule has 20 heavy (non-hydrogen) atoms. The van der Waals surface area contributed by atoms with Gasteiger partial charge in [0.05, 0.1) is 12.1 Å². The molecule has 0 aliphatic carbocycles. The lowest BCUT2D eigenvalue weighted by atomic mass is 10.1. The third-order valence-electron chi connectivity index (χ3n) is 3.19. The van der Waals surface area contributed by atoms with Crippen LogP contribution in [0.4, 0.5) is 5.69 Å². The van der Waals surface area contributed by atoms with Gasteiger partial charge in [-0.15, -0.1) is 0 Å². The second-order valence-electron chi connectivity index (χ2n) is 4.92. The molecule has 0 saturated heterocycles. The average Bonchev–Trinajstić information content (AvgIpc) is 2.43. The summed E-state index contributed by atoms with van der Waals surface area (Å²) >= 11 is 6.01. The number of anilines is 1. The van der Waals surface area contributed by atoms with Crippen LogP contribution in [0.1, 0.15) is 51.9 Å². The van der Waals surface area contributed by atoms with Crippen molar-refractivity contribution < 1.29 is 9.53 Å². The summed E-state index contributed by atoms with van der Waals surface area (Å²) in [6.07, 6.45) is 7.66. The fourth-order valence-corrected chi connectivity index (χ4v) is 2.29. The highest BCUT2D eigenvalue weighted by molar-refractivity contribution is 6.32. The SMILES string of the molecule is CCCCCCCCC(=O)Nc1ccc(OC)c(Cl)c1. The maximum absolute atomic E-state index is 11.8. The lowest BCUT2D eigenvalue weighted by Crippen LogP contribution is -2.11. The van der Waals surface area contributed by atoms with E-state index in [4.69, 9.17) is 16.3 Å². The largest absolute Gasteiger partial charge is 0.495 e. The van der Waals surface area contributed by atoms with Crippen LogP contribution in [0.3, 0.4) is 0 Å². The van der Waals surface area contributed by atoms with E-state index in [1.165, 1.54) is 25.7 Å². The smallest absolute Gasteiger partial charge is 0.224 e. The van der Waals surface area contributed by atoms with Crippen LogP contribution in [-0.4, -0.2) is 13.0 Å². The molecule has 1 aromatic carbocycles. The van der Waals surface area contributed by atoms with Crippen LogP contribution in [0.15, 0.2) is 18.2 Å². The van der Waals surface area contributed by atoms with Gasteiger partial charge in [0.15, 0.2) is 0 Å². The van der Waals surface area contributed by atoms with Crippen molar-refractivity contribution in [2.24, 2.45) is 0 Å². The number of benzene rings is 1. The van der Waals surface area contributed by atoms with Crippen LogP contribution in [0, 0.1) is 0 Å². The van der Waals surface area contributed by atoms with Crippen molar-refractivity contribution in [1.82, 2.24) is 0 Å². The number of amides is 1. The van der Waals surface area contributed by atoms with Crippen molar-refractivity contribution in [3.63, 3.8) is 0 Å². The van der Waals surface area contributed by atoms with Crippen molar-refractivity contribution in [3.05, 3.63) is 23.2 Å². The van der Waals surface area contributed by atoms with Crippen molar-refractivity contribution in [3.8, 4) is 5.75 Å². The topological polar surface area (TPSA) is 38.3 Å². The lowest BCUT2D eigenvalue weighted by Gasteiger charge is -2.08. The molecule has 0 spiro atoms. The highest BCUT2D eigenvalue weighted by atomic mass is 35.5. The zero-order chi connectivity index (χ0) is 14.8. The molecule has 112 valence electrons.